The van der Waals surface area contributed by atoms with Crippen molar-refractivity contribution >= 4 is 29.0 Å². The Morgan fingerprint density at radius 2 is 2.05 bits per heavy atom. The molecule has 1 aromatic rings. The van der Waals surface area contributed by atoms with Gasteiger partial charge in [-0.15, -0.1) is 0 Å². The van der Waals surface area contributed by atoms with Crippen LogP contribution < -0.4 is 5.32 Å². The summed E-state index contributed by atoms with van der Waals surface area (Å²) < 4.78 is 0. The quantitative estimate of drug-likeness (QED) is 0.833. The van der Waals surface area contributed by atoms with Gasteiger partial charge >= 0.3 is 0 Å². The summed E-state index contributed by atoms with van der Waals surface area (Å²) in [5.74, 6) is 0.184. The van der Waals surface area contributed by atoms with Crippen molar-refractivity contribution < 1.29 is 4.79 Å². The Bertz CT molecular complexity index is 531. The molecule has 2 fully saturated rings. The lowest BCUT2D eigenvalue weighted by Gasteiger charge is -2.39. The van der Waals surface area contributed by atoms with E-state index in [-0.39, 0.29) is 11.2 Å². The van der Waals surface area contributed by atoms with Crippen LogP contribution in [0.4, 0.5) is 0 Å². The lowest BCUT2D eigenvalue weighted by atomic mass is 9.71. The second kappa shape index (κ2) is 4.76. The van der Waals surface area contributed by atoms with E-state index in [0.717, 1.165) is 19.3 Å². The van der Waals surface area contributed by atoms with Gasteiger partial charge in [0.05, 0.1) is 10.0 Å². The molecule has 2 nitrogen and oxygen atoms in total. The first-order valence-corrected chi connectivity index (χ1v) is 7.52. The molecule has 102 valence electrons. The maximum Gasteiger partial charge on any atom is 0.170 e. The third kappa shape index (κ3) is 2.20. The number of Topliss-reactive ketones (excluding diaryl/α,β-unsaturated/α-hetero) is 1. The minimum absolute atomic E-state index is 0.184. The second-order valence-electron chi connectivity index (χ2n) is 5.91. The van der Waals surface area contributed by atoms with Gasteiger partial charge in [0, 0.05) is 23.1 Å². The molecule has 19 heavy (non-hydrogen) atoms. The SMILES string of the molecule is C[C@@]1(C(=O)c2ccc(Cl)c(Cl)c2)CC[C@@H]2CC[C@H]1N2. The lowest BCUT2D eigenvalue weighted by molar-refractivity contribution is 0.0694. The fourth-order valence-corrected chi connectivity index (χ4v) is 3.73. The molecule has 0 aromatic heterocycles. The van der Waals surface area contributed by atoms with Crippen molar-refractivity contribution in [3.63, 3.8) is 0 Å². The zero-order valence-corrected chi connectivity index (χ0v) is 12.4. The molecule has 1 N–H and O–H groups in total. The fraction of sp³-hybridized carbons (Fsp3) is 0.533. The highest BCUT2D eigenvalue weighted by atomic mass is 35.5. The molecule has 2 bridgehead atoms. The van der Waals surface area contributed by atoms with E-state index >= 15 is 0 Å². The van der Waals surface area contributed by atoms with Crippen molar-refractivity contribution in [2.75, 3.05) is 0 Å². The van der Waals surface area contributed by atoms with Crippen LogP contribution in [-0.2, 0) is 0 Å². The number of piperidine rings is 1. The molecular formula is C15H17Cl2NO. The average molecular weight is 298 g/mol. The average Bonchev–Trinajstić information content (AvgIpc) is 2.82. The van der Waals surface area contributed by atoms with Crippen molar-refractivity contribution in [1.29, 1.82) is 0 Å². The molecule has 2 aliphatic heterocycles. The topological polar surface area (TPSA) is 29.1 Å². The number of carbonyl (C=O) groups is 1. The molecule has 0 saturated carbocycles. The Kier molecular flexibility index (Phi) is 3.36. The molecule has 2 aliphatic rings. The normalized spacial score (nSPS) is 33.4. The molecule has 1 aromatic carbocycles. The zero-order valence-electron chi connectivity index (χ0n) is 10.9. The molecule has 2 heterocycles. The predicted molar refractivity (Wildman–Crippen MR) is 78.1 cm³/mol. The Labute approximate surface area is 123 Å². The van der Waals surface area contributed by atoms with Gasteiger partial charge in [-0.3, -0.25) is 4.79 Å². The summed E-state index contributed by atoms with van der Waals surface area (Å²) in [5.41, 5.74) is 0.355. The highest BCUT2D eigenvalue weighted by Crippen LogP contribution is 2.43. The van der Waals surface area contributed by atoms with E-state index in [1.165, 1.54) is 6.42 Å². The summed E-state index contributed by atoms with van der Waals surface area (Å²) in [6.07, 6.45) is 4.32. The summed E-state index contributed by atoms with van der Waals surface area (Å²) in [6, 6.07) is 6.09. The molecule has 3 atom stereocenters. The van der Waals surface area contributed by atoms with Crippen molar-refractivity contribution in [2.24, 2.45) is 5.41 Å². The van der Waals surface area contributed by atoms with Crippen LogP contribution in [0.25, 0.3) is 0 Å². The molecule has 4 heteroatoms. The molecule has 0 amide bonds. The summed E-state index contributed by atoms with van der Waals surface area (Å²) in [5, 5.41) is 4.52. The van der Waals surface area contributed by atoms with Gasteiger partial charge in [0.25, 0.3) is 0 Å². The highest BCUT2D eigenvalue weighted by Gasteiger charge is 2.48. The van der Waals surface area contributed by atoms with E-state index < -0.39 is 0 Å². The van der Waals surface area contributed by atoms with Crippen LogP contribution in [0.5, 0.6) is 0 Å². The highest BCUT2D eigenvalue weighted by molar-refractivity contribution is 6.42. The van der Waals surface area contributed by atoms with Gasteiger partial charge in [-0.05, 0) is 43.9 Å². The number of carbonyl (C=O) groups excluding carboxylic acids is 1. The zero-order chi connectivity index (χ0) is 13.6. The van der Waals surface area contributed by atoms with Crippen LogP contribution in [0.15, 0.2) is 18.2 Å². The first kappa shape index (κ1) is 13.4. The van der Waals surface area contributed by atoms with Crippen LogP contribution in [0, 0.1) is 5.41 Å². The van der Waals surface area contributed by atoms with Gasteiger partial charge in [-0.1, -0.05) is 30.1 Å². The third-order valence-corrected chi connectivity index (χ3v) is 5.46. The maximum atomic E-state index is 12.8. The number of halogens is 2. The minimum Gasteiger partial charge on any atom is -0.310 e. The molecule has 0 spiro atoms. The van der Waals surface area contributed by atoms with E-state index in [4.69, 9.17) is 23.2 Å². The van der Waals surface area contributed by atoms with Gasteiger partial charge in [-0.25, -0.2) is 0 Å². The van der Waals surface area contributed by atoms with Crippen LogP contribution in [0.1, 0.15) is 43.0 Å². The van der Waals surface area contributed by atoms with Crippen molar-refractivity contribution in [2.45, 2.75) is 44.7 Å². The minimum atomic E-state index is -0.315. The van der Waals surface area contributed by atoms with Crippen molar-refractivity contribution in [3.05, 3.63) is 33.8 Å². The summed E-state index contributed by atoms with van der Waals surface area (Å²) in [4.78, 5) is 12.8. The van der Waals surface area contributed by atoms with Crippen molar-refractivity contribution in [1.82, 2.24) is 5.32 Å². The van der Waals surface area contributed by atoms with Crippen LogP contribution >= 0.6 is 23.2 Å². The predicted octanol–water partition coefficient (Wildman–Crippen LogP) is 4.10. The first-order valence-electron chi connectivity index (χ1n) is 6.76. The number of hydrogen-bond acceptors (Lipinski definition) is 2. The van der Waals surface area contributed by atoms with Gasteiger partial charge in [0.2, 0.25) is 0 Å². The van der Waals surface area contributed by atoms with E-state index in [1.807, 2.05) is 0 Å². The number of rotatable bonds is 2. The van der Waals surface area contributed by atoms with Gasteiger partial charge in [0.1, 0.15) is 0 Å². The monoisotopic (exact) mass is 297 g/mol. The number of benzene rings is 1. The molecular weight excluding hydrogens is 281 g/mol. The first-order chi connectivity index (χ1) is 9.00. The Morgan fingerprint density at radius 1 is 1.26 bits per heavy atom. The Balaban J connectivity index is 1.92. The van der Waals surface area contributed by atoms with Crippen molar-refractivity contribution in [3.8, 4) is 0 Å². The third-order valence-electron chi connectivity index (χ3n) is 4.72. The number of fused-ring (bicyclic) bond motifs is 2. The number of ketones is 1. The fourth-order valence-electron chi connectivity index (χ4n) is 3.44. The van der Waals surface area contributed by atoms with E-state index in [9.17, 15) is 4.79 Å². The van der Waals surface area contributed by atoms with Crippen LogP contribution in [0.2, 0.25) is 10.0 Å². The summed E-state index contributed by atoms with van der Waals surface area (Å²) in [7, 11) is 0. The van der Waals surface area contributed by atoms with Crippen LogP contribution in [0.3, 0.4) is 0 Å². The van der Waals surface area contributed by atoms with Gasteiger partial charge < -0.3 is 5.32 Å². The summed E-state index contributed by atoms with van der Waals surface area (Å²) >= 11 is 11.9. The molecule has 0 radical (unpaired) electrons. The van der Waals surface area contributed by atoms with Gasteiger partial charge in [-0.2, -0.15) is 0 Å². The van der Waals surface area contributed by atoms with Gasteiger partial charge in [0.15, 0.2) is 5.78 Å². The van der Waals surface area contributed by atoms with E-state index in [0.29, 0.717) is 27.7 Å². The standard InChI is InChI=1S/C15H17Cl2NO/c1-15(7-6-10-3-5-13(15)18-10)14(19)9-2-4-11(16)12(17)8-9/h2,4,8,10,13,18H,3,5-7H2,1H3/t10-,13+,15+/m0/s1. The number of nitrogens with one attached hydrogen (secondary N) is 1. The molecule has 0 unspecified atom stereocenters. The Morgan fingerprint density at radius 3 is 2.79 bits per heavy atom. The molecule has 3 rings (SSSR count). The number of hydrogen-bond donors (Lipinski definition) is 1. The van der Waals surface area contributed by atoms with E-state index in [2.05, 4.69) is 12.2 Å². The largest absolute Gasteiger partial charge is 0.310 e. The molecule has 2 saturated heterocycles. The lowest BCUT2D eigenvalue weighted by Crippen LogP contribution is -2.51. The second-order valence-corrected chi connectivity index (χ2v) is 6.72. The smallest absolute Gasteiger partial charge is 0.170 e. The van der Waals surface area contributed by atoms with E-state index in [1.54, 1.807) is 18.2 Å². The Hall–Kier alpha value is -0.570. The maximum absolute atomic E-state index is 12.8. The summed E-state index contributed by atoms with van der Waals surface area (Å²) in [6.45, 7) is 2.08. The van der Waals surface area contributed by atoms with Crippen LogP contribution in [-0.4, -0.2) is 17.9 Å². The molecule has 0 aliphatic carbocycles.